The van der Waals surface area contributed by atoms with Gasteiger partial charge < -0.3 is 15.7 Å². The van der Waals surface area contributed by atoms with Crippen molar-refractivity contribution in [2.45, 2.75) is 57.4 Å². The fourth-order valence-electron chi connectivity index (χ4n) is 2.87. The molecule has 5 nitrogen and oxygen atoms in total. The minimum absolute atomic E-state index is 0.00519. The minimum atomic E-state index is -0.875. The van der Waals surface area contributed by atoms with Crippen LogP contribution < -0.4 is 5.73 Å². The highest BCUT2D eigenvalue weighted by molar-refractivity contribution is 8.00. The number of carbonyl (C=O) groups is 2. The summed E-state index contributed by atoms with van der Waals surface area (Å²) < 4.78 is 0. The molecule has 0 aromatic carbocycles. The second-order valence-corrected chi connectivity index (χ2v) is 8.07. The van der Waals surface area contributed by atoms with E-state index in [0.717, 1.165) is 25.7 Å². The van der Waals surface area contributed by atoms with Gasteiger partial charge in [0, 0.05) is 12.2 Å². The molecule has 0 radical (unpaired) electrons. The third-order valence-electron chi connectivity index (χ3n) is 4.47. The van der Waals surface area contributed by atoms with Crippen molar-refractivity contribution in [3.63, 3.8) is 0 Å². The van der Waals surface area contributed by atoms with Crippen LogP contribution in [0.25, 0.3) is 0 Å². The van der Waals surface area contributed by atoms with Crippen molar-refractivity contribution in [3.05, 3.63) is 0 Å². The molecule has 0 aromatic heterocycles. The highest BCUT2D eigenvalue weighted by atomic mass is 32.2. The van der Waals surface area contributed by atoms with Gasteiger partial charge in [0.05, 0.1) is 5.37 Å². The molecular formula is C15H26N2O3S. The predicted octanol–water partition coefficient (Wildman–Crippen LogP) is 1.91. The Balaban J connectivity index is 1.98. The molecule has 1 amide bonds. The van der Waals surface area contributed by atoms with Gasteiger partial charge in [-0.1, -0.05) is 13.8 Å². The maximum atomic E-state index is 12.6. The van der Waals surface area contributed by atoms with Crippen LogP contribution in [0.5, 0.6) is 0 Å². The lowest BCUT2D eigenvalue weighted by Crippen LogP contribution is -2.46. The van der Waals surface area contributed by atoms with Gasteiger partial charge in [-0.15, -0.1) is 11.8 Å². The first-order valence-corrected chi connectivity index (χ1v) is 8.76. The van der Waals surface area contributed by atoms with Crippen molar-refractivity contribution in [3.8, 4) is 0 Å². The van der Waals surface area contributed by atoms with Gasteiger partial charge in [-0.25, -0.2) is 4.79 Å². The van der Waals surface area contributed by atoms with Crippen LogP contribution in [0.15, 0.2) is 0 Å². The summed E-state index contributed by atoms with van der Waals surface area (Å²) in [6.07, 6.45) is 4.29. The Labute approximate surface area is 130 Å². The van der Waals surface area contributed by atoms with Crippen molar-refractivity contribution < 1.29 is 14.7 Å². The third-order valence-corrected chi connectivity index (χ3v) is 5.93. The summed E-state index contributed by atoms with van der Waals surface area (Å²) >= 11 is 1.63. The average molecular weight is 314 g/mol. The number of amides is 1. The van der Waals surface area contributed by atoms with Gasteiger partial charge in [0.1, 0.15) is 6.04 Å². The van der Waals surface area contributed by atoms with Gasteiger partial charge in [0.25, 0.3) is 0 Å². The highest BCUT2D eigenvalue weighted by Crippen LogP contribution is 2.45. The number of thioether (sulfide) groups is 1. The number of carboxylic acids is 1. The third kappa shape index (κ3) is 4.13. The van der Waals surface area contributed by atoms with Gasteiger partial charge in [-0.3, -0.25) is 4.79 Å². The van der Waals surface area contributed by atoms with Crippen LogP contribution in [0.3, 0.4) is 0 Å². The summed E-state index contributed by atoms with van der Waals surface area (Å²) in [6, 6.07) is -0.647. The molecule has 2 aliphatic rings. The lowest BCUT2D eigenvalue weighted by molar-refractivity contribution is -0.149. The van der Waals surface area contributed by atoms with E-state index in [1.54, 1.807) is 16.7 Å². The molecule has 1 aliphatic heterocycles. The molecule has 1 saturated heterocycles. The monoisotopic (exact) mass is 314 g/mol. The number of carboxylic acid groups (broad SMARTS) is 1. The van der Waals surface area contributed by atoms with Crippen molar-refractivity contribution in [2.24, 2.45) is 17.1 Å². The van der Waals surface area contributed by atoms with Crippen molar-refractivity contribution in [2.75, 3.05) is 12.3 Å². The summed E-state index contributed by atoms with van der Waals surface area (Å²) in [6.45, 7) is 4.83. The lowest BCUT2D eigenvalue weighted by Gasteiger charge is -2.30. The first-order valence-electron chi connectivity index (χ1n) is 7.71. The molecule has 0 spiro atoms. The van der Waals surface area contributed by atoms with Gasteiger partial charge in [0.2, 0.25) is 5.91 Å². The molecule has 2 unspecified atom stereocenters. The average Bonchev–Trinajstić information content (AvgIpc) is 3.14. The Morgan fingerprint density at radius 2 is 2.00 bits per heavy atom. The SMILES string of the molecule is CC(C)(CCN)CCC(=O)N1C(C(=O)O)CSC1C1CC1. The highest BCUT2D eigenvalue weighted by Gasteiger charge is 2.47. The Morgan fingerprint density at radius 1 is 1.33 bits per heavy atom. The number of carbonyl (C=O) groups excluding carboxylic acids is 1. The molecule has 21 heavy (non-hydrogen) atoms. The molecule has 0 bridgehead atoms. The molecule has 2 fully saturated rings. The van der Waals surface area contributed by atoms with Gasteiger partial charge >= 0.3 is 5.97 Å². The maximum absolute atomic E-state index is 12.6. The van der Waals surface area contributed by atoms with E-state index in [-0.39, 0.29) is 16.7 Å². The van der Waals surface area contributed by atoms with Crippen LogP contribution in [0.2, 0.25) is 0 Å². The van der Waals surface area contributed by atoms with Crippen LogP contribution in [0.1, 0.15) is 46.0 Å². The Kier molecular flexibility index (Phi) is 5.20. The summed E-state index contributed by atoms with van der Waals surface area (Å²) in [5.41, 5.74) is 5.63. The molecule has 1 aliphatic carbocycles. The minimum Gasteiger partial charge on any atom is -0.480 e. The van der Waals surface area contributed by atoms with Crippen LogP contribution in [-0.2, 0) is 9.59 Å². The number of nitrogens with zero attached hydrogens (tertiary/aromatic N) is 1. The summed E-state index contributed by atoms with van der Waals surface area (Å²) in [5.74, 6) is 0.143. The molecule has 1 heterocycles. The van der Waals surface area contributed by atoms with Gasteiger partial charge in [-0.05, 0) is 43.6 Å². The van der Waals surface area contributed by atoms with E-state index in [9.17, 15) is 14.7 Å². The zero-order chi connectivity index (χ0) is 15.6. The molecule has 120 valence electrons. The first kappa shape index (κ1) is 16.6. The summed E-state index contributed by atoms with van der Waals surface area (Å²) in [5, 5.41) is 9.42. The molecule has 2 atom stereocenters. The topological polar surface area (TPSA) is 83.6 Å². The largest absolute Gasteiger partial charge is 0.480 e. The van der Waals surface area contributed by atoms with Crippen molar-refractivity contribution in [1.82, 2.24) is 4.90 Å². The fourth-order valence-corrected chi connectivity index (χ4v) is 4.52. The van der Waals surface area contributed by atoms with Crippen molar-refractivity contribution in [1.29, 1.82) is 0 Å². The van der Waals surface area contributed by atoms with Crippen LogP contribution in [0, 0.1) is 11.3 Å². The quantitative estimate of drug-likeness (QED) is 0.750. The molecule has 0 aromatic rings. The maximum Gasteiger partial charge on any atom is 0.327 e. The van der Waals surface area contributed by atoms with Gasteiger partial charge in [-0.2, -0.15) is 0 Å². The van der Waals surface area contributed by atoms with E-state index >= 15 is 0 Å². The van der Waals surface area contributed by atoms with Crippen LogP contribution in [-0.4, -0.2) is 45.6 Å². The van der Waals surface area contributed by atoms with Crippen molar-refractivity contribution >= 4 is 23.6 Å². The Hall–Kier alpha value is -0.750. The molecule has 6 heteroatoms. The smallest absolute Gasteiger partial charge is 0.327 e. The lowest BCUT2D eigenvalue weighted by atomic mass is 9.84. The summed E-state index contributed by atoms with van der Waals surface area (Å²) in [4.78, 5) is 25.6. The standard InChI is InChI=1S/C15H26N2O3S/c1-15(2,7-8-16)6-5-12(18)17-11(14(19)20)9-21-13(17)10-3-4-10/h10-11,13H,3-9,16H2,1-2H3,(H,19,20). The number of aliphatic carboxylic acids is 1. The normalized spacial score (nSPS) is 26.1. The fraction of sp³-hybridized carbons (Fsp3) is 0.867. The second-order valence-electron chi connectivity index (χ2n) is 6.92. The van der Waals surface area contributed by atoms with Crippen LogP contribution >= 0.6 is 11.8 Å². The molecule has 1 saturated carbocycles. The molecule has 2 rings (SSSR count). The Bertz CT molecular complexity index is 410. The molecule has 3 N–H and O–H groups in total. The summed E-state index contributed by atoms with van der Waals surface area (Å²) in [7, 11) is 0. The Morgan fingerprint density at radius 3 is 2.52 bits per heavy atom. The number of rotatable bonds is 7. The first-order chi connectivity index (χ1) is 9.85. The van der Waals surface area contributed by atoms with E-state index in [0.29, 0.717) is 24.6 Å². The van der Waals surface area contributed by atoms with Gasteiger partial charge in [0.15, 0.2) is 0 Å². The second kappa shape index (κ2) is 6.57. The number of hydrogen-bond acceptors (Lipinski definition) is 4. The zero-order valence-corrected chi connectivity index (χ0v) is 13.7. The number of nitrogens with two attached hydrogens (primary N) is 1. The van der Waals surface area contributed by atoms with E-state index in [4.69, 9.17) is 5.73 Å². The van der Waals surface area contributed by atoms with E-state index in [2.05, 4.69) is 13.8 Å². The van der Waals surface area contributed by atoms with Crippen LogP contribution in [0.4, 0.5) is 0 Å². The van der Waals surface area contributed by atoms with E-state index in [1.807, 2.05) is 0 Å². The van der Waals surface area contributed by atoms with E-state index in [1.165, 1.54) is 0 Å². The zero-order valence-electron chi connectivity index (χ0n) is 12.9. The number of hydrogen-bond donors (Lipinski definition) is 2. The van der Waals surface area contributed by atoms with E-state index < -0.39 is 12.0 Å². The molecular weight excluding hydrogens is 288 g/mol. The predicted molar refractivity (Wildman–Crippen MR) is 83.9 cm³/mol.